The second-order valence-corrected chi connectivity index (χ2v) is 9.76. The fourth-order valence-electron chi connectivity index (χ4n) is 4.70. The molecular formula is C26H29N3O2S. The summed E-state index contributed by atoms with van der Waals surface area (Å²) in [5.41, 5.74) is 3.69. The van der Waals surface area contributed by atoms with Gasteiger partial charge in [0.1, 0.15) is 5.76 Å². The lowest BCUT2D eigenvalue weighted by Crippen LogP contribution is -2.29. The number of furan rings is 1. The summed E-state index contributed by atoms with van der Waals surface area (Å²) in [4.78, 5) is 24.2. The maximum Gasteiger partial charge on any atom is 0.186 e. The molecule has 0 amide bonds. The van der Waals surface area contributed by atoms with Crippen molar-refractivity contribution in [2.45, 2.75) is 52.0 Å². The average molecular weight is 448 g/mol. The number of Topliss-reactive ketones (excluding diaryl/α,β-unsaturated/α-hetero) is 1. The number of nitrogens with one attached hydrogen (secondary N) is 1. The molecule has 6 heteroatoms. The number of para-hydroxylation sites is 1. The van der Waals surface area contributed by atoms with E-state index >= 15 is 0 Å². The summed E-state index contributed by atoms with van der Waals surface area (Å²) in [7, 11) is 0. The van der Waals surface area contributed by atoms with Crippen molar-refractivity contribution in [1.29, 1.82) is 0 Å². The first-order valence-corrected chi connectivity index (χ1v) is 12.4. The Labute approximate surface area is 192 Å². The van der Waals surface area contributed by atoms with E-state index in [2.05, 4.69) is 52.3 Å². The number of ketones is 1. The van der Waals surface area contributed by atoms with Crippen LogP contribution in [-0.4, -0.2) is 22.3 Å². The number of thiazole rings is 1. The van der Waals surface area contributed by atoms with E-state index in [-0.39, 0.29) is 5.78 Å². The molecule has 5 nitrogen and oxygen atoms in total. The number of aromatic nitrogens is 2. The molecule has 0 radical (unpaired) electrons. The minimum atomic E-state index is 0.218. The summed E-state index contributed by atoms with van der Waals surface area (Å²) >= 11 is 1.53. The highest BCUT2D eigenvalue weighted by Crippen LogP contribution is 2.31. The van der Waals surface area contributed by atoms with Crippen LogP contribution < -0.4 is 4.90 Å². The zero-order valence-corrected chi connectivity index (χ0v) is 19.3. The Morgan fingerprint density at radius 2 is 2.22 bits per heavy atom. The Morgan fingerprint density at radius 3 is 3.12 bits per heavy atom. The van der Waals surface area contributed by atoms with E-state index < -0.39 is 0 Å². The van der Waals surface area contributed by atoms with Gasteiger partial charge in [-0.05, 0) is 36.5 Å². The van der Waals surface area contributed by atoms with Crippen molar-refractivity contribution in [3.8, 4) is 0 Å². The number of aromatic amines is 1. The molecule has 1 aliphatic heterocycles. The number of fused-ring (bicyclic) bond motifs is 2. The van der Waals surface area contributed by atoms with E-state index in [1.807, 2.05) is 6.07 Å². The molecule has 0 saturated heterocycles. The molecule has 1 atom stereocenters. The number of anilines is 1. The summed E-state index contributed by atoms with van der Waals surface area (Å²) in [6, 6.07) is 10.4. The van der Waals surface area contributed by atoms with Gasteiger partial charge in [0, 0.05) is 48.6 Å². The van der Waals surface area contributed by atoms with Gasteiger partial charge in [0.05, 0.1) is 17.3 Å². The summed E-state index contributed by atoms with van der Waals surface area (Å²) in [5, 5.41) is 2.20. The topological polar surface area (TPSA) is 62.1 Å². The molecule has 1 aliphatic rings. The fourth-order valence-corrected chi connectivity index (χ4v) is 5.58. The lowest BCUT2D eigenvalue weighted by molar-refractivity contribution is 0.0962. The van der Waals surface area contributed by atoms with E-state index in [0.29, 0.717) is 12.3 Å². The second kappa shape index (κ2) is 9.33. The van der Waals surface area contributed by atoms with Gasteiger partial charge in [0.25, 0.3) is 0 Å². The predicted molar refractivity (Wildman–Crippen MR) is 130 cm³/mol. The van der Waals surface area contributed by atoms with E-state index in [1.165, 1.54) is 27.8 Å². The summed E-state index contributed by atoms with van der Waals surface area (Å²) in [5.74, 6) is 1.64. The van der Waals surface area contributed by atoms with Gasteiger partial charge in [0.2, 0.25) is 0 Å². The van der Waals surface area contributed by atoms with Crippen LogP contribution in [0.3, 0.4) is 0 Å². The number of rotatable bonds is 9. The molecule has 3 aromatic heterocycles. The number of nitrogens with zero attached hydrogens (tertiary/aromatic N) is 2. The minimum Gasteiger partial charge on any atom is -0.469 e. The molecular weight excluding hydrogens is 418 g/mol. The zero-order valence-electron chi connectivity index (χ0n) is 18.5. The summed E-state index contributed by atoms with van der Waals surface area (Å²) < 4.78 is 5.53. The van der Waals surface area contributed by atoms with Gasteiger partial charge in [0.15, 0.2) is 10.9 Å². The quantitative estimate of drug-likeness (QED) is 0.302. The number of unbranched alkanes of at least 4 members (excludes halogenated alkanes) is 1. The molecule has 4 aromatic rings. The third-order valence-electron chi connectivity index (χ3n) is 6.47. The molecule has 0 bridgehead atoms. The largest absolute Gasteiger partial charge is 0.469 e. The number of carbonyl (C=O) groups is 1. The maximum absolute atomic E-state index is 13.2. The monoisotopic (exact) mass is 447 g/mol. The Balaban J connectivity index is 1.27. The van der Waals surface area contributed by atoms with Gasteiger partial charge < -0.3 is 14.3 Å². The third kappa shape index (κ3) is 4.37. The van der Waals surface area contributed by atoms with Gasteiger partial charge in [-0.1, -0.05) is 49.3 Å². The van der Waals surface area contributed by atoms with E-state index in [9.17, 15) is 4.79 Å². The molecule has 1 aromatic carbocycles. The van der Waals surface area contributed by atoms with E-state index in [1.54, 1.807) is 12.5 Å². The Morgan fingerprint density at radius 1 is 1.31 bits per heavy atom. The first-order chi connectivity index (χ1) is 15.7. The van der Waals surface area contributed by atoms with Crippen LogP contribution in [0, 0.1) is 5.92 Å². The van der Waals surface area contributed by atoms with Crippen molar-refractivity contribution in [3.05, 3.63) is 70.8 Å². The first kappa shape index (κ1) is 21.0. The Bertz CT molecular complexity index is 1200. The zero-order chi connectivity index (χ0) is 21.9. The van der Waals surface area contributed by atoms with Gasteiger partial charge >= 0.3 is 0 Å². The number of benzene rings is 1. The molecule has 32 heavy (non-hydrogen) atoms. The van der Waals surface area contributed by atoms with Crippen molar-refractivity contribution >= 4 is 33.2 Å². The van der Waals surface area contributed by atoms with Gasteiger partial charge in [-0.2, -0.15) is 0 Å². The van der Waals surface area contributed by atoms with Crippen molar-refractivity contribution in [2.75, 3.05) is 11.4 Å². The lowest BCUT2D eigenvalue weighted by atomic mass is 9.89. The first-order valence-electron chi connectivity index (χ1n) is 11.6. The van der Waals surface area contributed by atoms with Crippen molar-refractivity contribution in [1.82, 2.24) is 9.97 Å². The van der Waals surface area contributed by atoms with Crippen LogP contribution >= 0.6 is 11.3 Å². The number of hydrogen-bond acceptors (Lipinski definition) is 5. The molecule has 1 unspecified atom stereocenters. The van der Waals surface area contributed by atoms with Gasteiger partial charge in [-0.3, -0.25) is 4.79 Å². The van der Waals surface area contributed by atoms with E-state index in [4.69, 9.17) is 4.42 Å². The fraction of sp³-hybridized carbons (Fsp3) is 0.385. The van der Waals surface area contributed by atoms with Crippen LogP contribution in [0.1, 0.15) is 59.2 Å². The van der Waals surface area contributed by atoms with Crippen LogP contribution in [-0.2, 0) is 19.4 Å². The number of carbonyl (C=O) groups excluding carboxylic acids is 1. The van der Waals surface area contributed by atoms with Crippen LogP contribution in [0.5, 0.6) is 0 Å². The summed E-state index contributed by atoms with van der Waals surface area (Å²) in [6.45, 7) is 3.89. The molecule has 0 spiro atoms. The van der Waals surface area contributed by atoms with Gasteiger partial charge in [-0.15, -0.1) is 0 Å². The van der Waals surface area contributed by atoms with Crippen LogP contribution in [0.25, 0.3) is 10.9 Å². The van der Waals surface area contributed by atoms with Crippen LogP contribution in [0.4, 0.5) is 5.13 Å². The molecule has 0 saturated carbocycles. The molecule has 0 fully saturated rings. The molecule has 0 aliphatic carbocycles. The highest BCUT2D eigenvalue weighted by molar-refractivity contribution is 7.17. The van der Waals surface area contributed by atoms with Crippen molar-refractivity contribution < 1.29 is 9.21 Å². The predicted octanol–water partition coefficient (Wildman–Crippen LogP) is 6.40. The Hall–Kier alpha value is -2.86. The second-order valence-electron chi connectivity index (χ2n) is 8.75. The summed E-state index contributed by atoms with van der Waals surface area (Å²) in [6.07, 6.45) is 11.4. The maximum atomic E-state index is 13.2. The SMILES string of the molecule is CCCCC(CC(=O)c1cnc(N2CCc3occc3C2)s1)Cc1c[nH]c2ccccc12. The minimum absolute atomic E-state index is 0.218. The van der Waals surface area contributed by atoms with Crippen LogP contribution in [0.15, 0.2) is 53.4 Å². The molecule has 5 rings (SSSR count). The molecule has 166 valence electrons. The third-order valence-corrected chi connectivity index (χ3v) is 7.57. The highest BCUT2D eigenvalue weighted by Gasteiger charge is 2.23. The number of H-pyrrole nitrogens is 1. The standard InChI is InChI=1S/C26H29N3O2S/c1-2-3-6-18(13-20-15-27-22-8-5-4-7-21(20)22)14-23(30)25-16-28-26(32-25)29-11-9-24-19(17-29)10-12-31-24/h4-5,7-8,10,12,15-16,18,27H,2-3,6,9,11,13-14,17H2,1H3. The van der Waals surface area contributed by atoms with E-state index in [0.717, 1.165) is 66.5 Å². The molecule has 1 N–H and O–H groups in total. The average Bonchev–Trinajstić information content (AvgIpc) is 3.56. The van der Waals surface area contributed by atoms with Crippen LogP contribution in [0.2, 0.25) is 0 Å². The number of hydrogen-bond donors (Lipinski definition) is 1. The lowest BCUT2D eigenvalue weighted by Gasteiger charge is -2.25. The highest BCUT2D eigenvalue weighted by atomic mass is 32.1. The van der Waals surface area contributed by atoms with Crippen molar-refractivity contribution in [2.24, 2.45) is 5.92 Å². The van der Waals surface area contributed by atoms with Crippen molar-refractivity contribution in [3.63, 3.8) is 0 Å². The smallest absolute Gasteiger partial charge is 0.186 e. The Kier molecular flexibility index (Phi) is 6.12. The molecule has 4 heterocycles. The van der Waals surface area contributed by atoms with Gasteiger partial charge in [-0.25, -0.2) is 4.98 Å². The normalized spacial score (nSPS) is 14.6.